The first kappa shape index (κ1) is 47.5. The minimum atomic E-state index is 0.901. The minimum Gasteiger partial charge on any atom is -0.248 e. The molecule has 0 aliphatic rings. The van der Waals surface area contributed by atoms with Crippen molar-refractivity contribution in [2.75, 3.05) is 0 Å². The first-order valence-electron chi connectivity index (χ1n) is 29.5. The molecule has 18 aromatic carbocycles. The molecule has 0 atom stereocenters. The largest absolute Gasteiger partial charge is 0.248 e. The van der Waals surface area contributed by atoms with E-state index >= 15 is 0 Å². The number of fused-ring (bicyclic) bond motifs is 12. The second kappa shape index (κ2) is 18.7. The molecule has 0 heterocycles. The van der Waals surface area contributed by atoms with Gasteiger partial charge in [0.15, 0.2) is 0 Å². The van der Waals surface area contributed by atoms with Crippen LogP contribution in [0.5, 0.6) is 0 Å². The van der Waals surface area contributed by atoms with E-state index in [0.29, 0.717) is 0 Å². The highest BCUT2D eigenvalue weighted by Gasteiger charge is 2.27. The molecule has 0 aliphatic carbocycles. The van der Waals surface area contributed by atoms with Crippen molar-refractivity contribution in [3.63, 3.8) is 0 Å². The Morgan fingerprint density at radius 2 is 0.341 bits per heavy atom. The average Bonchev–Trinajstić information content (AvgIpc) is 3.22. The lowest BCUT2D eigenvalue weighted by molar-refractivity contribution is 1.20. The van der Waals surface area contributed by atoms with E-state index in [2.05, 4.69) is 303 Å². The van der Waals surface area contributed by atoms with Crippen LogP contribution in [0.2, 0.25) is 0 Å². The smallest absolute Gasteiger partial charge is 0.0728 e. The molecule has 0 bridgehead atoms. The lowest BCUT2D eigenvalue weighted by Gasteiger charge is -2.25. The molecular formula is C84H50N. The number of hydrogen-bond acceptors (Lipinski definition) is 0. The first-order valence-corrected chi connectivity index (χ1v) is 29.5. The third-order valence-corrected chi connectivity index (χ3v) is 18.3. The summed E-state index contributed by atoms with van der Waals surface area (Å²) < 4.78 is 0. The normalized spacial score (nSPS) is 12.0. The SMILES string of the molecule is c1ccc2cc3c(-c4c([N]c5cc6cc7ccccc7cc6c(-c6cccc7cc8ccccc8cc67)c5-c5cccc6cc7ccccc7cc56)cc5cc6ccccc6cc5c4-c4cccc5cc6ccccc6cc45)cccc3cc2c1. The molecule has 1 heteroatoms. The standard InChI is InChI=1S/C84H50N/c1-7-23-57-43-73-63(37-51(57)17-1)29-13-33-69(73)81-77-47-61-27-11-5-21-55(61)41-67(77)49-79(83(81)71-35-15-31-65-39-53-19-3-9-25-59(53)45-75(65)71)85-80-50-68-42-56-22-6-12-28-62(56)48-78(68)82(70-34-14-30-64-38-52-18-2-8-24-58(52)44-74(64)70)84(80)72-36-16-32-66-40-54-20-4-10-26-60(54)46-76(66)72/h1-50H. The summed E-state index contributed by atoms with van der Waals surface area (Å²) in [6.07, 6.45) is 0. The van der Waals surface area contributed by atoms with Crippen LogP contribution in [0.3, 0.4) is 0 Å². The Balaban J connectivity index is 1.03. The summed E-state index contributed by atoms with van der Waals surface area (Å²) in [5, 5.41) is 35.0. The highest BCUT2D eigenvalue weighted by Crippen LogP contribution is 2.53. The zero-order chi connectivity index (χ0) is 55.7. The van der Waals surface area contributed by atoms with Gasteiger partial charge in [-0.05, 0) is 236 Å². The van der Waals surface area contributed by atoms with Gasteiger partial charge in [-0.2, -0.15) is 0 Å². The van der Waals surface area contributed by atoms with Crippen LogP contribution < -0.4 is 5.32 Å². The average molecular weight is 1070 g/mol. The number of rotatable bonds is 6. The van der Waals surface area contributed by atoms with Crippen molar-refractivity contribution in [1.29, 1.82) is 0 Å². The predicted molar refractivity (Wildman–Crippen MR) is 366 cm³/mol. The van der Waals surface area contributed by atoms with Gasteiger partial charge in [0.2, 0.25) is 0 Å². The fourth-order valence-corrected chi connectivity index (χ4v) is 14.3. The third kappa shape index (κ3) is 7.64. The Labute approximate surface area is 490 Å². The van der Waals surface area contributed by atoms with Crippen LogP contribution in [0.15, 0.2) is 303 Å². The molecule has 0 unspecified atom stereocenters. The summed E-state index contributed by atoms with van der Waals surface area (Å²) in [4.78, 5) is 0. The van der Waals surface area contributed by atoms with Crippen LogP contribution in [0.25, 0.3) is 174 Å². The molecule has 0 saturated carbocycles. The van der Waals surface area contributed by atoms with Gasteiger partial charge in [0, 0.05) is 22.3 Å². The molecule has 0 amide bonds. The highest BCUT2D eigenvalue weighted by molar-refractivity contribution is 6.23. The molecule has 18 aromatic rings. The van der Waals surface area contributed by atoms with Crippen LogP contribution in [-0.4, -0.2) is 0 Å². The summed E-state index contributed by atoms with van der Waals surface area (Å²) in [5.41, 5.74) is 10.9. The van der Waals surface area contributed by atoms with Crippen LogP contribution in [0, 0.1) is 0 Å². The fourth-order valence-electron chi connectivity index (χ4n) is 14.3. The lowest BCUT2D eigenvalue weighted by atomic mass is 9.82. The molecule has 1 nitrogen and oxygen atoms in total. The van der Waals surface area contributed by atoms with Crippen molar-refractivity contribution in [2.24, 2.45) is 0 Å². The fraction of sp³-hybridized carbons (Fsp3) is 0. The maximum atomic E-state index is 6.42. The molecular weight excluding hydrogens is 1020 g/mol. The van der Waals surface area contributed by atoms with E-state index in [-0.39, 0.29) is 0 Å². The number of benzene rings is 18. The molecule has 0 N–H and O–H groups in total. The van der Waals surface area contributed by atoms with Gasteiger partial charge in [-0.15, -0.1) is 0 Å². The summed E-state index contributed by atoms with van der Waals surface area (Å²) in [6.45, 7) is 0. The zero-order valence-electron chi connectivity index (χ0n) is 46.3. The van der Waals surface area contributed by atoms with Crippen LogP contribution in [0.1, 0.15) is 0 Å². The Bertz CT molecular complexity index is 5520. The third-order valence-electron chi connectivity index (χ3n) is 18.3. The molecule has 0 aliphatic heterocycles. The van der Waals surface area contributed by atoms with Crippen molar-refractivity contribution < 1.29 is 0 Å². The number of nitrogens with zero attached hydrogens (tertiary/aromatic N) is 1. The molecule has 0 saturated heterocycles. The van der Waals surface area contributed by atoms with Crippen LogP contribution in [-0.2, 0) is 0 Å². The quantitative estimate of drug-likeness (QED) is 0.147. The van der Waals surface area contributed by atoms with E-state index < -0.39 is 0 Å². The van der Waals surface area contributed by atoms with Gasteiger partial charge in [-0.25, -0.2) is 5.32 Å². The van der Waals surface area contributed by atoms with E-state index in [1.165, 1.54) is 130 Å². The Hall–Kier alpha value is -11.1. The Morgan fingerprint density at radius 1 is 0.141 bits per heavy atom. The summed E-state index contributed by atoms with van der Waals surface area (Å²) in [5.74, 6) is 0. The summed E-state index contributed by atoms with van der Waals surface area (Å²) in [6, 6.07) is 114. The van der Waals surface area contributed by atoms with E-state index in [4.69, 9.17) is 5.32 Å². The van der Waals surface area contributed by atoms with E-state index in [9.17, 15) is 0 Å². The topological polar surface area (TPSA) is 14.1 Å². The van der Waals surface area contributed by atoms with Crippen LogP contribution >= 0.6 is 0 Å². The van der Waals surface area contributed by atoms with Crippen molar-refractivity contribution in [1.82, 2.24) is 5.32 Å². The Kier molecular flexibility index (Phi) is 10.5. The molecule has 0 aromatic heterocycles. The van der Waals surface area contributed by atoms with E-state index in [1.54, 1.807) is 0 Å². The molecule has 1 radical (unpaired) electrons. The van der Waals surface area contributed by atoms with Gasteiger partial charge >= 0.3 is 0 Å². The maximum Gasteiger partial charge on any atom is 0.0728 e. The van der Waals surface area contributed by atoms with Crippen molar-refractivity contribution in [2.45, 2.75) is 0 Å². The second-order valence-corrected chi connectivity index (χ2v) is 23.1. The van der Waals surface area contributed by atoms with Crippen molar-refractivity contribution >= 4 is 141 Å². The van der Waals surface area contributed by atoms with Gasteiger partial charge in [-0.1, -0.05) is 218 Å². The van der Waals surface area contributed by atoms with Gasteiger partial charge < -0.3 is 0 Å². The van der Waals surface area contributed by atoms with Gasteiger partial charge in [-0.3, -0.25) is 0 Å². The molecule has 0 spiro atoms. The molecule has 0 fully saturated rings. The van der Waals surface area contributed by atoms with Crippen molar-refractivity contribution in [3.8, 4) is 44.5 Å². The number of hydrogen-bond donors (Lipinski definition) is 0. The van der Waals surface area contributed by atoms with Gasteiger partial charge in [0.05, 0.1) is 11.4 Å². The highest BCUT2D eigenvalue weighted by atomic mass is 14.9. The predicted octanol–water partition coefficient (Wildman–Crippen LogP) is 23.8. The zero-order valence-corrected chi connectivity index (χ0v) is 46.3. The summed E-state index contributed by atoms with van der Waals surface area (Å²) in [7, 11) is 0. The lowest BCUT2D eigenvalue weighted by Crippen LogP contribution is -2.01. The first-order chi connectivity index (χ1) is 42.1. The second-order valence-electron chi connectivity index (χ2n) is 23.1. The summed E-state index contributed by atoms with van der Waals surface area (Å²) >= 11 is 0. The van der Waals surface area contributed by atoms with Gasteiger partial charge in [0.1, 0.15) is 0 Å². The van der Waals surface area contributed by atoms with E-state index in [0.717, 1.165) is 55.5 Å². The van der Waals surface area contributed by atoms with E-state index in [1.807, 2.05) is 0 Å². The minimum absolute atomic E-state index is 0.901. The maximum absolute atomic E-state index is 6.42. The van der Waals surface area contributed by atoms with Gasteiger partial charge in [0.25, 0.3) is 0 Å². The Morgan fingerprint density at radius 3 is 0.600 bits per heavy atom. The molecule has 85 heavy (non-hydrogen) atoms. The molecule has 391 valence electrons. The van der Waals surface area contributed by atoms with Crippen molar-refractivity contribution in [3.05, 3.63) is 303 Å². The molecule has 18 rings (SSSR count). The monoisotopic (exact) mass is 1070 g/mol. The van der Waals surface area contributed by atoms with Crippen LogP contribution in [0.4, 0.5) is 11.4 Å².